The van der Waals surface area contributed by atoms with E-state index in [1.807, 2.05) is 6.26 Å². The molecule has 1 rings (SSSR count). The number of thioether (sulfide) groups is 1. The summed E-state index contributed by atoms with van der Waals surface area (Å²) in [5, 5.41) is 12.0. The van der Waals surface area contributed by atoms with Crippen LogP contribution in [0.4, 0.5) is 0 Å². The lowest BCUT2D eigenvalue weighted by Gasteiger charge is -2.46. The number of rotatable bonds is 2. The van der Waals surface area contributed by atoms with E-state index in [1.54, 1.807) is 18.8 Å². The van der Waals surface area contributed by atoms with Crippen LogP contribution in [0.25, 0.3) is 0 Å². The number of esters is 1. The van der Waals surface area contributed by atoms with Crippen molar-refractivity contribution >= 4 is 17.7 Å². The van der Waals surface area contributed by atoms with Gasteiger partial charge in [-0.3, -0.25) is 4.79 Å². The predicted molar refractivity (Wildman–Crippen MR) is 56.7 cm³/mol. The lowest BCUT2D eigenvalue weighted by atomic mass is 9.97. The summed E-state index contributed by atoms with van der Waals surface area (Å²) in [6.45, 7) is 0.942. The summed E-state index contributed by atoms with van der Waals surface area (Å²) in [5.74, 6) is -0.490. The molecule has 3 unspecified atom stereocenters. The van der Waals surface area contributed by atoms with Gasteiger partial charge in [0.2, 0.25) is 0 Å². The van der Waals surface area contributed by atoms with Crippen LogP contribution in [0.3, 0.4) is 0 Å². The van der Waals surface area contributed by atoms with Gasteiger partial charge in [0.25, 0.3) is 0 Å². The van der Waals surface area contributed by atoms with Crippen molar-refractivity contribution in [3.05, 3.63) is 5.21 Å². The van der Waals surface area contributed by atoms with Gasteiger partial charge < -0.3 is 14.6 Å². The summed E-state index contributed by atoms with van der Waals surface area (Å²) >= 11 is 1.65. The standard InChI is InChI=1S/C9H17NO3S/c1-10(12)5-4-8(14-3)7(6-10)9(11)13-2/h7-8H,4-6H2,1-3H3. The third-order valence-electron chi connectivity index (χ3n) is 2.72. The lowest BCUT2D eigenvalue weighted by molar-refractivity contribution is -0.868. The first-order valence-corrected chi connectivity index (χ1v) is 5.95. The fraction of sp³-hybridized carbons (Fsp3) is 0.889. The fourth-order valence-corrected chi connectivity index (χ4v) is 2.75. The van der Waals surface area contributed by atoms with Gasteiger partial charge in [0.1, 0.15) is 5.92 Å². The zero-order chi connectivity index (χ0) is 10.8. The van der Waals surface area contributed by atoms with Crippen molar-refractivity contribution < 1.29 is 14.2 Å². The van der Waals surface area contributed by atoms with Gasteiger partial charge in [-0.05, 0) is 6.26 Å². The molecule has 0 bridgehead atoms. The van der Waals surface area contributed by atoms with Crippen LogP contribution in [0.1, 0.15) is 6.42 Å². The number of carbonyl (C=O) groups is 1. The van der Waals surface area contributed by atoms with E-state index in [4.69, 9.17) is 4.74 Å². The number of piperidine rings is 1. The van der Waals surface area contributed by atoms with Crippen LogP contribution in [0, 0.1) is 11.1 Å². The second-order valence-corrected chi connectivity index (χ2v) is 4.97. The largest absolute Gasteiger partial charge is 0.633 e. The molecular formula is C9H17NO3S. The maximum Gasteiger partial charge on any atom is 0.315 e. The SMILES string of the molecule is COC(=O)C1C[N+](C)([O-])CCC1SC. The molecule has 3 atom stereocenters. The second-order valence-electron chi connectivity index (χ2n) is 3.90. The van der Waals surface area contributed by atoms with Gasteiger partial charge in [-0.15, -0.1) is 0 Å². The van der Waals surface area contributed by atoms with Crippen molar-refractivity contribution in [3.63, 3.8) is 0 Å². The molecule has 1 aliphatic rings. The van der Waals surface area contributed by atoms with E-state index in [-0.39, 0.29) is 21.8 Å². The number of likely N-dealkylation sites (tertiary alicyclic amines) is 1. The van der Waals surface area contributed by atoms with Crippen molar-refractivity contribution in [2.45, 2.75) is 11.7 Å². The highest BCUT2D eigenvalue weighted by molar-refractivity contribution is 7.99. The molecular weight excluding hydrogens is 202 g/mol. The average Bonchev–Trinajstić information content (AvgIpc) is 2.15. The number of ether oxygens (including phenoxy) is 1. The molecule has 82 valence electrons. The second kappa shape index (κ2) is 4.51. The van der Waals surface area contributed by atoms with Crippen LogP contribution in [0.2, 0.25) is 0 Å². The Balaban J connectivity index is 2.70. The first-order valence-electron chi connectivity index (χ1n) is 4.66. The van der Waals surface area contributed by atoms with E-state index in [1.165, 1.54) is 7.11 Å². The van der Waals surface area contributed by atoms with E-state index in [0.717, 1.165) is 6.42 Å². The topological polar surface area (TPSA) is 49.4 Å². The van der Waals surface area contributed by atoms with Gasteiger partial charge in [0.15, 0.2) is 0 Å². The Morgan fingerprint density at radius 3 is 2.79 bits per heavy atom. The minimum absolute atomic E-state index is 0.239. The molecule has 1 fully saturated rings. The van der Waals surface area contributed by atoms with Crippen molar-refractivity contribution in [2.24, 2.45) is 5.92 Å². The Labute approximate surface area is 88.8 Å². The third kappa shape index (κ3) is 2.62. The first-order chi connectivity index (χ1) is 6.50. The molecule has 0 saturated carbocycles. The molecule has 0 amide bonds. The predicted octanol–water partition coefficient (Wildman–Crippen LogP) is 0.855. The molecule has 0 aromatic rings. The van der Waals surface area contributed by atoms with Gasteiger partial charge in [0.05, 0.1) is 27.2 Å². The molecule has 0 N–H and O–H groups in total. The highest BCUT2D eigenvalue weighted by Gasteiger charge is 2.38. The number of quaternary nitrogens is 1. The van der Waals surface area contributed by atoms with Crippen LogP contribution in [-0.4, -0.2) is 49.4 Å². The summed E-state index contributed by atoms with van der Waals surface area (Å²) in [4.78, 5) is 11.4. The normalized spacial score (nSPS) is 38.0. The van der Waals surface area contributed by atoms with Gasteiger partial charge in [-0.2, -0.15) is 11.8 Å². The van der Waals surface area contributed by atoms with Crippen molar-refractivity contribution in [2.75, 3.05) is 33.5 Å². The first kappa shape index (κ1) is 11.8. The number of nitrogens with zero attached hydrogens (tertiary/aromatic N) is 1. The quantitative estimate of drug-likeness (QED) is 0.392. The van der Waals surface area contributed by atoms with E-state index in [0.29, 0.717) is 13.1 Å². The summed E-state index contributed by atoms with van der Waals surface area (Å²) in [7, 11) is 3.00. The highest BCUT2D eigenvalue weighted by Crippen LogP contribution is 2.29. The molecule has 1 aliphatic heterocycles. The Hall–Kier alpha value is -0.260. The minimum Gasteiger partial charge on any atom is -0.633 e. The van der Waals surface area contributed by atoms with Gasteiger partial charge in [0, 0.05) is 11.7 Å². The van der Waals surface area contributed by atoms with Crippen molar-refractivity contribution in [3.8, 4) is 0 Å². The number of hydrogen-bond donors (Lipinski definition) is 0. The van der Waals surface area contributed by atoms with Crippen LogP contribution in [0.15, 0.2) is 0 Å². The maximum absolute atomic E-state index is 11.7. The zero-order valence-electron chi connectivity index (χ0n) is 8.86. The molecule has 1 heterocycles. The zero-order valence-corrected chi connectivity index (χ0v) is 9.67. The number of carbonyl (C=O) groups excluding carboxylic acids is 1. The van der Waals surface area contributed by atoms with E-state index in [2.05, 4.69) is 0 Å². The van der Waals surface area contributed by atoms with Crippen LogP contribution in [0.5, 0.6) is 0 Å². The van der Waals surface area contributed by atoms with Crippen molar-refractivity contribution in [1.29, 1.82) is 0 Å². The maximum atomic E-state index is 11.7. The fourth-order valence-electron chi connectivity index (χ4n) is 1.89. The molecule has 4 nitrogen and oxygen atoms in total. The summed E-state index contributed by atoms with van der Waals surface area (Å²) in [6, 6.07) is 0. The minimum atomic E-state index is -0.323. The summed E-state index contributed by atoms with van der Waals surface area (Å²) in [6.07, 6.45) is 2.77. The summed E-state index contributed by atoms with van der Waals surface area (Å²) < 4.78 is 4.39. The third-order valence-corrected chi connectivity index (χ3v) is 3.89. The Bertz CT molecular complexity index is 220. The van der Waals surface area contributed by atoms with Crippen molar-refractivity contribution in [1.82, 2.24) is 0 Å². The number of hydroxylamine groups is 3. The van der Waals surface area contributed by atoms with Gasteiger partial charge in [-0.25, -0.2) is 0 Å². The van der Waals surface area contributed by atoms with Gasteiger partial charge >= 0.3 is 5.97 Å². The smallest absolute Gasteiger partial charge is 0.315 e. The molecule has 0 spiro atoms. The van der Waals surface area contributed by atoms with Crippen LogP contribution >= 0.6 is 11.8 Å². The van der Waals surface area contributed by atoms with E-state index >= 15 is 0 Å². The summed E-state index contributed by atoms with van der Waals surface area (Å²) in [5.41, 5.74) is 0. The van der Waals surface area contributed by atoms with Crippen LogP contribution in [-0.2, 0) is 9.53 Å². The molecule has 0 radical (unpaired) electrons. The van der Waals surface area contributed by atoms with Crippen LogP contribution < -0.4 is 0 Å². The average molecular weight is 219 g/mol. The monoisotopic (exact) mass is 219 g/mol. The lowest BCUT2D eigenvalue weighted by Crippen LogP contribution is -2.52. The molecule has 0 aromatic carbocycles. The molecule has 0 aliphatic carbocycles. The molecule has 0 aromatic heterocycles. The molecule has 5 heteroatoms. The molecule has 1 saturated heterocycles. The number of hydrogen-bond acceptors (Lipinski definition) is 4. The molecule has 14 heavy (non-hydrogen) atoms. The number of methoxy groups -OCH3 is 1. The Kier molecular flexibility index (Phi) is 3.80. The van der Waals surface area contributed by atoms with Gasteiger partial charge in [-0.1, -0.05) is 0 Å². The Morgan fingerprint density at radius 2 is 2.29 bits per heavy atom. The Morgan fingerprint density at radius 1 is 1.64 bits per heavy atom. The van der Waals surface area contributed by atoms with E-state index < -0.39 is 0 Å². The highest BCUT2D eigenvalue weighted by atomic mass is 32.2. The van der Waals surface area contributed by atoms with E-state index in [9.17, 15) is 10.0 Å².